The molecule has 0 aliphatic heterocycles. The molecule has 0 aromatic heterocycles. The Morgan fingerprint density at radius 1 is 1.16 bits per heavy atom. The molecule has 0 aliphatic carbocycles. The van der Waals surface area contributed by atoms with Crippen LogP contribution >= 0.6 is 0 Å². The van der Waals surface area contributed by atoms with E-state index >= 15 is 0 Å². The smallest absolute Gasteiger partial charge is 0.312 e. The molecule has 0 heterocycles. The lowest BCUT2D eigenvalue weighted by Crippen LogP contribution is -2.37. The van der Waals surface area contributed by atoms with Crippen molar-refractivity contribution in [1.82, 2.24) is 10.0 Å². The van der Waals surface area contributed by atoms with E-state index in [0.717, 1.165) is 5.56 Å². The van der Waals surface area contributed by atoms with E-state index < -0.39 is 16.1 Å². The highest BCUT2D eigenvalue weighted by Crippen LogP contribution is 2.11. The van der Waals surface area contributed by atoms with Gasteiger partial charge in [-0.2, -0.15) is 0 Å². The second-order valence-corrected chi connectivity index (χ2v) is 5.72. The molecule has 0 atom stereocenters. The first kappa shape index (κ1) is 15.4. The lowest BCUT2D eigenvalue weighted by Gasteiger charge is -2.10. The Hall–Kier alpha value is -1.64. The first-order valence-electron chi connectivity index (χ1n) is 5.72. The van der Waals surface area contributed by atoms with Crippen molar-refractivity contribution < 1.29 is 13.2 Å². The van der Waals surface area contributed by atoms with Crippen LogP contribution < -0.4 is 21.5 Å². The fourth-order valence-electron chi connectivity index (χ4n) is 1.55. The van der Waals surface area contributed by atoms with Gasteiger partial charge in [-0.05, 0) is 11.1 Å². The number of hydrogen-bond acceptors (Lipinski definition) is 4. The van der Waals surface area contributed by atoms with Crippen LogP contribution in [0.5, 0.6) is 0 Å². The zero-order valence-corrected chi connectivity index (χ0v) is 11.2. The Kier molecular flexibility index (Phi) is 5.74. The van der Waals surface area contributed by atoms with Gasteiger partial charge in [0.1, 0.15) is 0 Å². The summed E-state index contributed by atoms with van der Waals surface area (Å²) in [6.07, 6.45) is 0. The second kappa shape index (κ2) is 7.07. The first-order chi connectivity index (χ1) is 8.94. The number of benzene rings is 1. The summed E-state index contributed by atoms with van der Waals surface area (Å²) < 4.78 is 26.0. The number of carbonyl (C=O) groups is 1. The quantitative estimate of drug-likeness (QED) is 0.491. The van der Waals surface area contributed by atoms with Gasteiger partial charge < -0.3 is 16.8 Å². The topological polar surface area (TPSA) is 127 Å². The summed E-state index contributed by atoms with van der Waals surface area (Å²) in [5.41, 5.74) is 11.9. The molecule has 6 N–H and O–H groups in total. The average molecular weight is 286 g/mol. The maximum Gasteiger partial charge on any atom is 0.312 e. The molecule has 8 heteroatoms. The molecule has 2 amide bonds. The predicted molar refractivity (Wildman–Crippen MR) is 72.5 cm³/mol. The van der Waals surface area contributed by atoms with Crippen molar-refractivity contribution in [2.75, 3.05) is 13.1 Å². The van der Waals surface area contributed by atoms with Crippen LogP contribution in [0.25, 0.3) is 0 Å². The number of nitrogens with two attached hydrogens (primary N) is 2. The Morgan fingerprint density at radius 2 is 1.79 bits per heavy atom. The molecule has 7 nitrogen and oxygen atoms in total. The van der Waals surface area contributed by atoms with Gasteiger partial charge in [-0.15, -0.1) is 0 Å². The molecule has 0 radical (unpaired) electrons. The molecule has 1 rings (SSSR count). The van der Waals surface area contributed by atoms with Crippen LogP contribution in [0.3, 0.4) is 0 Å². The molecule has 0 unspecified atom stereocenters. The predicted octanol–water partition coefficient (Wildman–Crippen LogP) is -0.767. The van der Waals surface area contributed by atoms with Gasteiger partial charge in [-0.1, -0.05) is 24.3 Å². The summed E-state index contributed by atoms with van der Waals surface area (Å²) in [4.78, 5) is 10.4. The zero-order chi connectivity index (χ0) is 14.3. The van der Waals surface area contributed by atoms with Gasteiger partial charge in [0.05, 0.1) is 5.75 Å². The molecule has 0 spiro atoms. The lowest BCUT2D eigenvalue weighted by molar-refractivity contribution is 0.249. The average Bonchev–Trinajstić information content (AvgIpc) is 2.35. The minimum absolute atomic E-state index is 0.0933. The third-order valence-electron chi connectivity index (χ3n) is 2.43. The molecule has 1 aromatic rings. The Bertz CT molecular complexity index is 530. The van der Waals surface area contributed by atoms with Crippen molar-refractivity contribution in [3.63, 3.8) is 0 Å². The van der Waals surface area contributed by atoms with E-state index in [4.69, 9.17) is 11.5 Å². The number of sulfonamides is 1. The van der Waals surface area contributed by atoms with Crippen molar-refractivity contribution in [2.45, 2.75) is 12.3 Å². The number of nitrogens with one attached hydrogen (secondary N) is 2. The largest absolute Gasteiger partial charge is 0.352 e. The molecule has 106 valence electrons. The van der Waals surface area contributed by atoms with E-state index in [1.54, 1.807) is 18.2 Å². The number of urea groups is 1. The van der Waals surface area contributed by atoms with Crippen molar-refractivity contribution >= 4 is 16.1 Å². The number of hydrogen-bond donors (Lipinski definition) is 4. The van der Waals surface area contributed by atoms with Crippen molar-refractivity contribution in [2.24, 2.45) is 11.5 Å². The summed E-state index contributed by atoms with van der Waals surface area (Å²) in [7, 11) is -3.46. The third kappa shape index (κ3) is 5.69. The maximum atomic E-state index is 11.8. The number of carbonyl (C=O) groups excluding carboxylic acids is 1. The van der Waals surface area contributed by atoms with Crippen LogP contribution in [0.4, 0.5) is 4.79 Å². The van der Waals surface area contributed by atoms with Gasteiger partial charge in [0, 0.05) is 19.6 Å². The minimum atomic E-state index is -3.46. The molecule has 1 aromatic carbocycles. The highest BCUT2D eigenvalue weighted by molar-refractivity contribution is 7.88. The maximum absolute atomic E-state index is 11.8. The van der Waals surface area contributed by atoms with Crippen molar-refractivity contribution in [3.8, 4) is 0 Å². The highest BCUT2D eigenvalue weighted by Gasteiger charge is 2.13. The molecular formula is C11H18N4O3S. The molecule has 0 bridgehead atoms. The van der Waals surface area contributed by atoms with Crippen LogP contribution in [-0.2, 0) is 22.3 Å². The van der Waals surface area contributed by atoms with E-state index in [1.165, 1.54) is 0 Å². The van der Waals surface area contributed by atoms with Gasteiger partial charge >= 0.3 is 6.03 Å². The van der Waals surface area contributed by atoms with Gasteiger partial charge in [-0.3, -0.25) is 0 Å². The van der Waals surface area contributed by atoms with E-state index in [-0.39, 0.29) is 25.4 Å². The number of amides is 2. The molecule has 0 saturated carbocycles. The van der Waals surface area contributed by atoms with Crippen LogP contribution in [0.15, 0.2) is 24.3 Å². The summed E-state index contributed by atoms with van der Waals surface area (Å²) in [5.74, 6) is -0.142. The minimum Gasteiger partial charge on any atom is -0.352 e. The molecule has 19 heavy (non-hydrogen) atoms. The Balaban J connectivity index is 2.56. The highest BCUT2D eigenvalue weighted by atomic mass is 32.2. The lowest BCUT2D eigenvalue weighted by atomic mass is 10.1. The standard InChI is InChI=1S/C11H18N4O3S/c12-7-9-3-1-2-4-10(9)8-19(17,18)15-6-5-14-11(13)16/h1-4,15H,5-8,12H2,(H3,13,14,16). The monoisotopic (exact) mass is 286 g/mol. The molecule has 0 saturated heterocycles. The molecule has 0 fully saturated rings. The number of primary amides is 1. The van der Waals surface area contributed by atoms with E-state index in [2.05, 4.69) is 10.0 Å². The Labute approximate surface area is 112 Å². The van der Waals surface area contributed by atoms with Crippen molar-refractivity contribution in [3.05, 3.63) is 35.4 Å². The fourth-order valence-corrected chi connectivity index (χ4v) is 2.75. The third-order valence-corrected chi connectivity index (χ3v) is 3.77. The second-order valence-electron chi connectivity index (χ2n) is 3.92. The summed E-state index contributed by atoms with van der Waals surface area (Å²) >= 11 is 0. The van der Waals surface area contributed by atoms with Gasteiger partial charge in [-0.25, -0.2) is 17.9 Å². The normalized spacial score (nSPS) is 11.2. The van der Waals surface area contributed by atoms with E-state index in [1.807, 2.05) is 6.07 Å². The van der Waals surface area contributed by atoms with Gasteiger partial charge in [0.25, 0.3) is 0 Å². The van der Waals surface area contributed by atoms with Crippen LogP contribution in [-0.4, -0.2) is 27.5 Å². The van der Waals surface area contributed by atoms with Crippen LogP contribution in [0.2, 0.25) is 0 Å². The van der Waals surface area contributed by atoms with Crippen molar-refractivity contribution in [1.29, 1.82) is 0 Å². The fraction of sp³-hybridized carbons (Fsp3) is 0.364. The van der Waals surface area contributed by atoms with E-state index in [9.17, 15) is 13.2 Å². The first-order valence-corrected chi connectivity index (χ1v) is 7.37. The Morgan fingerprint density at radius 3 is 2.37 bits per heavy atom. The van der Waals surface area contributed by atoms with Gasteiger partial charge in [0.2, 0.25) is 10.0 Å². The van der Waals surface area contributed by atoms with E-state index in [0.29, 0.717) is 5.56 Å². The SMILES string of the molecule is NCc1ccccc1CS(=O)(=O)NCCNC(N)=O. The van der Waals surface area contributed by atoms with Crippen LogP contribution in [0, 0.1) is 0 Å². The summed E-state index contributed by atoms with van der Waals surface area (Å²) in [6.45, 7) is 0.526. The summed E-state index contributed by atoms with van der Waals surface area (Å²) in [5, 5.41) is 2.30. The number of rotatable bonds is 7. The molecular weight excluding hydrogens is 268 g/mol. The van der Waals surface area contributed by atoms with Gasteiger partial charge in [0.15, 0.2) is 0 Å². The molecule has 0 aliphatic rings. The zero-order valence-electron chi connectivity index (χ0n) is 10.4. The summed E-state index contributed by atoms with van der Waals surface area (Å²) in [6, 6.07) is 6.40. The van der Waals surface area contributed by atoms with Crippen LogP contribution in [0.1, 0.15) is 11.1 Å².